The van der Waals surface area contributed by atoms with Crippen LogP contribution in [0.5, 0.6) is 5.75 Å². The first-order chi connectivity index (χ1) is 15.2. The Kier molecular flexibility index (Phi) is 4.60. The molecule has 0 radical (unpaired) electrons. The van der Waals surface area contributed by atoms with Crippen molar-refractivity contribution in [1.82, 2.24) is 0 Å². The minimum Gasteiger partial charge on any atom is -0.497 e. The fraction of sp³-hybridized carbons (Fsp3) is 0.267. The molecule has 0 aliphatic carbocycles. The molecule has 1 aliphatic heterocycles. The van der Waals surface area contributed by atoms with Crippen molar-refractivity contribution in [2.75, 3.05) is 12.0 Å². The van der Waals surface area contributed by atoms with Crippen LogP contribution < -0.4 is 9.64 Å². The van der Waals surface area contributed by atoms with Crippen LogP contribution in [0, 0.1) is 0 Å². The molecule has 2 nitrogen and oxygen atoms in total. The molecule has 4 aromatic rings. The quantitative estimate of drug-likeness (QED) is 0.323. The van der Waals surface area contributed by atoms with Crippen LogP contribution in [0.15, 0.2) is 78.9 Å². The molecule has 162 valence electrons. The average molecular weight is 422 g/mol. The Morgan fingerprint density at radius 3 is 2.06 bits per heavy atom. The highest BCUT2D eigenvalue weighted by atomic mass is 16.5. The number of hydrogen-bond acceptors (Lipinski definition) is 2. The highest BCUT2D eigenvalue weighted by molar-refractivity contribution is 5.92. The lowest BCUT2D eigenvalue weighted by molar-refractivity contribution is 0.413. The van der Waals surface area contributed by atoms with E-state index < -0.39 is 0 Å². The third-order valence-electron chi connectivity index (χ3n) is 6.89. The zero-order valence-corrected chi connectivity index (χ0v) is 19.9. The summed E-state index contributed by atoms with van der Waals surface area (Å²) in [5.41, 5.74) is 7.56. The van der Waals surface area contributed by atoms with Crippen molar-refractivity contribution in [3.05, 3.63) is 95.6 Å². The third-order valence-corrected chi connectivity index (χ3v) is 6.89. The number of fused-ring (bicyclic) bond motifs is 3. The van der Waals surface area contributed by atoms with E-state index in [-0.39, 0.29) is 10.8 Å². The van der Waals surface area contributed by atoms with Gasteiger partial charge in [-0.1, -0.05) is 77.1 Å². The predicted molar refractivity (Wildman–Crippen MR) is 136 cm³/mol. The standard InChI is InChI=1S/C30H31NO/c1-29(2,3)22-12-15-27-25(18-22)30(4,5)26-19-24(32-6)14-16-28(26)31(27)23-13-11-20-9-7-8-10-21(20)17-23/h7-19H,1-6H3. The number of nitrogens with zero attached hydrogens (tertiary/aromatic N) is 1. The average Bonchev–Trinajstić information content (AvgIpc) is 2.78. The van der Waals surface area contributed by atoms with Gasteiger partial charge in [0.15, 0.2) is 0 Å². The second kappa shape index (κ2) is 7.13. The predicted octanol–water partition coefficient (Wildman–Crippen LogP) is 8.26. The van der Waals surface area contributed by atoms with Gasteiger partial charge in [-0.05, 0) is 69.3 Å². The zero-order chi connectivity index (χ0) is 22.7. The summed E-state index contributed by atoms with van der Waals surface area (Å²) in [6, 6.07) is 28.8. The van der Waals surface area contributed by atoms with Gasteiger partial charge in [0.1, 0.15) is 5.75 Å². The maximum absolute atomic E-state index is 5.62. The molecule has 4 aromatic carbocycles. The van der Waals surface area contributed by atoms with Gasteiger partial charge < -0.3 is 9.64 Å². The minimum absolute atomic E-state index is 0.0908. The molecule has 0 amide bonds. The first kappa shape index (κ1) is 20.6. The summed E-state index contributed by atoms with van der Waals surface area (Å²) >= 11 is 0. The molecule has 0 saturated heterocycles. The number of ether oxygens (including phenoxy) is 1. The molecule has 0 aromatic heterocycles. The van der Waals surface area contributed by atoms with Crippen LogP contribution in [0.25, 0.3) is 10.8 Å². The van der Waals surface area contributed by atoms with Gasteiger partial charge in [0.2, 0.25) is 0 Å². The van der Waals surface area contributed by atoms with Crippen molar-refractivity contribution >= 4 is 27.8 Å². The third kappa shape index (κ3) is 3.17. The van der Waals surface area contributed by atoms with Crippen LogP contribution in [0.4, 0.5) is 17.1 Å². The van der Waals surface area contributed by atoms with Crippen molar-refractivity contribution in [3.8, 4) is 5.75 Å². The fourth-order valence-electron chi connectivity index (χ4n) is 4.90. The smallest absolute Gasteiger partial charge is 0.119 e. The Morgan fingerprint density at radius 2 is 1.38 bits per heavy atom. The molecule has 0 N–H and O–H groups in total. The largest absolute Gasteiger partial charge is 0.497 e. The molecule has 0 saturated carbocycles. The summed E-state index contributed by atoms with van der Waals surface area (Å²) in [7, 11) is 1.74. The Labute approximate surface area is 191 Å². The van der Waals surface area contributed by atoms with Gasteiger partial charge in [0.25, 0.3) is 0 Å². The molecule has 2 heteroatoms. The lowest BCUT2D eigenvalue weighted by Crippen LogP contribution is -2.31. The highest BCUT2D eigenvalue weighted by Gasteiger charge is 2.38. The minimum atomic E-state index is -0.145. The molecule has 0 unspecified atom stereocenters. The lowest BCUT2D eigenvalue weighted by Gasteiger charge is -2.43. The topological polar surface area (TPSA) is 12.5 Å². The second-order valence-electron chi connectivity index (χ2n) is 10.4. The number of anilines is 3. The molecule has 0 bridgehead atoms. The maximum atomic E-state index is 5.62. The van der Waals surface area contributed by atoms with Gasteiger partial charge in [0, 0.05) is 11.1 Å². The monoisotopic (exact) mass is 421 g/mol. The Balaban J connectivity index is 1.80. The Hall–Kier alpha value is -3.26. The van der Waals surface area contributed by atoms with Gasteiger partial charge in [-0.3, -0.25) is 0 Å². The van der Waals surface area contributed by atoms with Gasteiger partial charge in [-0.15, -0.1) is 0 Å². The van der Waals surface area contributed by atoms with Crippen LogP contribution >= 0.6 is 0 Å². The van der Waals surface area contributed by atoms with Crippen molar-refractivity contribution in [2.24, 2.45) is 0 Å². The number of hydrogen-bond donors (Lipinski definition) is 0. The Morgan fingerprint density at radius 1 is 0.719 bits per heavy atom. The second-order valence-corrected chi connectivity index (χ2v) is 10.4. The highest BCUT2D eigenvalue weighted by Crippen LogP contribution is 2.53. The molecule has 1 heterocycles. The van der Waals surface area contributed by atoms with Gasteiger partial charge >= 0.3 is 0 Å². The number of benzene rings is 4. The summed E-state index contributed by atoms with van der Waals surface area (Å²) in [5, 5.41) is 2.50. The summed E-state index contributed by atoms with van der Waals surface area (Å²) in [6.07, 6.45) is 0. The van der Waals surface area contributed by atoms with Crippen LogP contribution in [0.3, 0.4) is 0 Å². The lowest BCUT2D eigenvalue weighted by atomic mass is 9.71. The normalized spacial score (nSPS) is 14.8. The van der Waals surface area contributed by atoms with Crippen molar-refractivity contribution in [1.29, 1.82) is 0 Å². The van der Waals surface area contributed by atoms with Crippen molar-refractivity contribution in [2.45, 2.75) is 45.4 Å². The maximum Gasteiger partial charge on any atom is 0.119 e. The van der Waals surface area contributed by atoms with Gasteiger partial charge in [-0.25, -0.2) is 0 Å². The van der Waals surface area contributed by atoms with E-state index in [1.165, 1.54) is 44.5 Å². The molecular formula is C30H31NO. The SMILES string of the molecule is COc1ccc2c(c1)C(C)(C)c1cc(C(C)(C)C)ccc1N2c1ccc2ccccc2c1. The summed E-state index contributed by atoms with van der Waals surface area (Å²) in [6.45, 7) is 11.5. The van der Waals surface area contributed by atoms with E-state index in [2.05, 4.69) is 118 Å². The molecule has 0 spiro atoms. The molecule has 1 aliphatic rings. The van der Waals surface area contributed by atoms with Gasteiger partial charge in [-0.2, -0.15) is 0 Å². The van der Waals surface area contributed by atoms with Gasteiger partial charge in [0.05, 0.1) is 18.5 Å². The zero-order valence-electron chi connectivity index (χ0n) is 19.9. The number of rotatable bonds is 2. The summed E-state index contributed by atoms with van der Waals surface area (Å²) < 4.78 is 5.62. The molecule has 32 heavy (non-hydrogen) atoms. The van der Waals surface area contributed by atoms with Crippen LogP contribution in [0.2, 0.25) is 0 Å². The van der Waals surface area contributed by atoms with E-state index in [4.69, 9.17) is 4.74 Å². The molecular weight excluding hydrogens is 390 g/mol. The first-order valence-electron chi connectivity index (χ1n) is 11.3. The summed E-state index contributed by atoms with van der Waals surface area (Å²) in [4.78, 5) is 2.41. The van der Waals surface area contributed by atoms with E-state index in [9.17, 15) is 0 Å². The van der Waals surface area contributed by atoms with Crippen molar-refractivity contribution in [3.63, 3.8) is 0 Å². The van der Waals surface area contributed by atoms with E-state index in [0.717, 1.165) is 5.75 Å². The van der Waals surface area contributed by atoms with E-state index >= 15 is 0 Å². The van der Waals surface area contributed by atoms with Crippen LogP contribution in [-0.4, -0.2) is 7.11 Å². The van der Waals surface area contributed by atoms with E-state index in [1.807, 2.05) is 0 Å². The fourth-order valence-corrected chi connectivity index (χ4v) is 4.90. The molecule has 0 atom stereocenters. The number of methoxy groups -OCH3 is 1. The van der Waals surface area contributed by atoms with Crippen LogP contribution in [0.1, 0.15) is 51.3 Å². The van der Waals surface area contributed by atoms with Crippen molar-refractivity contribution < 1.29 is 4.74 Å². The van der Waals surface area contributed by atoms with Crippen LogP contribution in [-0.2, 0) is 10.8 Å². The first-order valence-corrected chi connectivity index (χ1v) is 11.3. The Bertz CT molecular complexity index is 1330. The van der Waals surface area contributed by atoms with E-state index in [0.29, 0.717) is 0 Å². The van der Waals surface area contributed by atoms with E-state index in [1.54, 1.807) is 7.11 Å². The summed E-state index contributed by atoms with van der Waals surface area (Å²) in [5.74, 6) is 0.894. The molecule has 5 rings (SSSR count). The molecule has 0 fully saturated rings.